The predicted octanol–water partition coefficient (Wildman–Crippen LogP) is 4.24. The molecule has 22 heavy (non-hydrogen) atoms. The fraction of sp³-hybridized carbons (Fsp3) is 0.176. The van der Waals surface area contributed by atoms with E-state index in [0.29, 0.717) is 11.4 Å². The Morgan fingerprint density at radius 3 is 2.55 bits per heavy atom. The van der Waals surface area contributed by atoms with Gasteiger partial charge < -0.3 is 10.5 Å². The van der Waals surface area contributed by atoms with Gasteiger partial charge in [-0.25, -0.2) is 4.98 Å². The van der Waals surface area contributed by atoms with E-state index in [4.69, 9.17) is 10.5 Å². The summed E-state index contributed by atoms with van der Waals surface area (Å²) >= 11 is 1.60. The quantitative estimate of drug-likeness (QED) is 0.732. The van der Waals surface area contributed by atoms with Crippen LogP contribution in [-0.4, -0.2) is 16.1 Å². The molecular formula is C17H17N3OS. The minimum Gasteiger partial charge on any atom is -0.489 e. The van der Waals surface area contributed by atoms with Crippen molar-refractivity contribution in [3.05, 3.63) is 48.1 Å². The van der Waals surface area contributed by atoms with E-state index in [9.17, 15) is 0 Å². The topological polar surface area (TPSA) is 61.0 Å². The molecule has 0 radical (unpaired) electrons. The van der Waals surface area contributed by atoms with Crippen molar-refractivity contribution in [3.8, 4) is 27.6 Å². The van der Waals surface area contributed by atoms with E-state index in [2.05, 4.69) is 9.97 Å². The minimum atomic E-state index is 0.103. The molecule has 0 aliphatic heterocycles. The maximum Gasteiger partial charge on any atom is 0.142 e. The Kier molecular flexibility index (Phi) is 4.06. The zero-order valence-corrected chi connectivity index (χ0v) is 13.3. The van der Waals surface area contributed by atoms with Crippen molar-refractivity contribution in [1.29, 1.82) is 0 Å². The molecule has 4 nitrogen and oxygen atoms in total. The first-order valence-corrected chi connectivity index (χ1v) is 7.94. The van der Waals surface area contributed by atoms with Crippen LogP contribution in [0, 0.1) is 0 Å². The van der Waals surface area contributed by atoms with Crippen LogP contribution in [0.2, 0.25) is 0 Å². The standard InChI is InChI=1S/C17H17N3OS/c1-11(2)21-16-4-3-13(9-14(16)18)17-20-15(10-22-17)12-5-7-19-8-6-12/h3-11H,18H2,1-2H3. The first-order valence-electron chi connectivity index (χ1n) is 7.06. The van der Waals surface area contributed by atoms with Gasteiger partial charge >= 0.3 is 0 Å². The lowest BCUT2D eigenvalue weighted by Gasteiger charge is -2.12. The molecule has 112 valence electrons. The maximum atomic E-state index is 6.07. The van der Waals surface area contributed by atoms with Crippen LogP contribution in [0.25, 0.3) is 21.8 Å². The van der Waals surface area contributed by atoms with Gasteiger partial charge in [-0.1, -0.05) is 0 Å². The highest BCUT2D eigenvalue weighted by molar-refractivity contribution is 7.13. The molecule has 1 aromatic carbocycles. The molecule has 3 aromatic rings. The normalized spacial score (nSPS) is 10.9. The molecule has 0 atom stereocenters. The molecule has 5 heteroatoms. The van der Waals surface area contributed by atoms with Gasteiger partial charge in [-0.05, 0) is 44.2 Å². The first kappa shape index (κ1) is 14.5. The van der Waals surface area contributed by atoms with Crippen molar-refractivity contribution < 1.29 is 4.74 Å². The van der Waals surface area contributed by atoms with E-state index in [0.717, 1.165) is 21.8 Å². The molecule has 0 unspecified atom stereocenters. The zero-order valence-electron chi connectivity index (χ0n) is 12.5. The summed E-state index contributed by atoms with van der Waals surface area (Å²) in [4.78, 5) is 8.70. The summed E-state index contributed by atoms with van der Waals surface area (Å²) in [7, 11) is 0. The third kappa shape index (κ3) is 3.09. The number of hydrogen-bond donors (Lipinski definition) is 1. The maximum absolute atomic E-state index is 6.07. The highest BCUT2D eigenvalue weighted by Gasteiger charge is 2.09. The molecule has 0 fully saturated rings. The first-order chi connectivity index (χ1) is 10.6. The highest BCUT2D eigenvalue weighted by Crippen LogP contribution is 2.32. The number of benzene rings is 1. The Morgan fingerprint density at radius 2 is 1.86 bits per heavy atom. The molecule has 0 spiro atoms. The number of hydrogen-bond acceptors (Lipinski definition) is 5. The largest absolute Gasteiger partial charge is 0.489 e. The number of ether oxygens (including phenoxy) is 1. The van der Waals surface area contributed by atoms with Crippen molar-refractivity contribution in [1.82, 2.24) is 9.97 Å². The van der Waals surface area contributed by atoms with Gasteiger partial charge in [0, 0.05) is 28.9 Å². The van der Waals surface area contributed by atoms with E-state index in [-0.39, 0.29) is 6.10 Å². The predicted molar refractivity (Wildman–Crippen MR) is 91.0 cm³/mol. The summed E-state index contributed by atoms with van der Waals surface area (Å²) in [6.45, 7) is 3.96. The number of anilines is 1. The van der Waals surface area contributed by atoms with Gasteiger partial charge in [-0.15, -0.1) is 11.3 Å². The van der Waals surface area contributed by atoms with Crippen molar-refractivity contribution >= 4 is 17.0 Å². The van der Waals surface area contributed by atoms with Crippen LogP contribution in [0.1, 0.15) is 13.8 Å². The van der Waals surface area contributed by atoms with Gasteiger partial charge in [0.25, 0.3) is 0 Å². The minimum absolute atomic E-state index is 0.103. The van der Waals surface area contributed by atoms with Gasteiger partial charge in [-0.2, -0.15) is 0 Å². The molecule has 0 saturated carbocycles. The van der Waals surface area contributed by atoms with Crippen molar-refractivity contribution in [2.45, 2.75) is 20.0 Å². The third-order valence-corrected chi connectivity index (χ3v) is 3.99. The Bertz CT molecular complexity index is 769. The number of nitrogens with two attached hydrogens (primary N) is 1. The second-order valence-electron chi connectivity index (χ2n) is 5.19. The van der Waals surface area contributed by atoms with E-state index < -0.39 is 0 Å². The average Bonchev–Trinajstić information content (AvgIpc) is 3.00. The SMILES string of the molecule is CC(C)Oc1ccc(-c2nc(-c3ccncc3)cs2)cc1N. The third-order valence-electron chi connectivity index (χ3n) is 3.10. The van der Waals surface area contributed by atoms with Gasteiger partial charge in [-0.3, -0.25) is 4.98 Å². The van der Waals surface area contributed by atoms with Crippen LogP contribution in [0.4, 0.5) is 5.69 Å². The number of thiazole rings is 1. The monoisotopic (exact) mass is 311 g/mol. The molecule has 0 aliphatic rings. The van der Waals surface area contributed by atoms with E-state index in [1.54, 1.807) is 23.7 Å². The Morgan fingerprint density at radius 1 is 1.09 bits per heavy atom. The van der Waals surface area contributed by atoms with Gasteiger partial charge in [0.15, 0.2) is 0 Å². The fourth-order valence-electron chi connectivity index (χ4n) is 2.10. The molecule has 2 heterocycles. The highest BCUT2D eigenvalue weighted by atomic mass is 32.1. The Balaban J connectivity index is 1.89. The smallest absolute Gasteiger partial charge is 0.142 e. The van der Waals surface area contributed by atoms with Crippen molar-refractivity contribution in [2.75, 3.05) is 5.73 Å². The number of aromatic nitrogens is 2. The van der Waals surface area contributed by atoms with E-state index >= 15 is 0 Å². The van der Waals surface area contributed by atoms with Gasteiger partial charge in [0.2, 0.25) is 0 Å². The second kappa shape index (κ2) is 6.15. The van der Waals surface area contributed by atoms with Crippen LogP contribution in [0.15, 0.2) is 48.1 Å². The fourth-order valence-corrected chi connectivity index (χ4v) is 2.93. The number of nitrogens with zero attached hydrogens (tertiary/aromatic N) is 2. The van der Waals surface area contributed by atoms with Crippen LogP contribution in [-0.2, 0) is 0 Å². The molecule has 3 rings (SSSR count). The summed E-state index contributed by atoms with van der Waals surface area (Å²) in [6.07, 6.45) is 3.64. The van der Waals surface area contributed by atoms with Crippen LogP contribution in [0.3, 0.4) is 0 Å². The lowest BCUT2D eigenvalue weighted by molar-refractivity contribution is 0.244. The van der Waals surface area contributed by atoms with Crippen molar-refractivity contribution in [3.63, 3.8) is 0 Å². The second-order valence-corrected chi connectivity index (χ2v) is 6.05. The van der Waals surface area contributed by atoms with Crippen LogP contribution < -0.4 is 10.5 Å². The molecule has 2 aromatic heterocycles. The van der Waals surface area contributed by atoms with Crippen molar-refractivity contribution in [2.24, 2.45) is 0 Å². The molecule has 0 bridgehead atoms. The van der Waals surface area contributed by atoms with Gasteiger partial charge in [0.1, 0.15) is 10.8 Å². The van der Waals surface area contributed by atoms with Crippen LogP contribution in [0.5, 0.6) is 5.75 Å². The summed E-state index contributed by atoms with van der Waals surface area (Å²) in [5, 5.41) is 2.98. The Labute approximate surface area is 133 Å². The number of pyridine rings is 1. The summed E-state index contributed by atoms with van der Waals surface area (Å²) in [5.74, 6) is 0.713. The lowest BCUT2D eigenvalue weighted by Crippen LogP contribution is -2.07. The molecule has 2 N–H and O–H groups in total. The summed E-state index contributed by atoms with van der Waals surface area (Å²) in [6, 6.07) is 9.70. The van der Waals surface area contributed by atoms with Crippen LogP contribution >= 0.6 is 11.3 Å². The van der Waals surface area contributed by atoms with E-state index in [1.165, 1.54) is 0 Å². The average molecular weight is 311 g/mol. The number of nitrogen functional groups attached to an aromatic ring is 1. The number of rotatable bonds is 4. The molecule has 0 amide bonds. The molecule has 0 aliphatic carbocycles. The molecule has 0 saturated heterocycles. The lowest BCUT2D eigenvalue weighted by atomic mass is 10.2. The zero-order chi connectivity index (χ0) is 15.5. The summed E-state index contributed by atoms with van der Waals surface area (Å²) < 4.78 is 5.66. The van der Waals surface area contributed by atoms with E-state index in [1.807, 2.05) is 49.6 Å². The summed E-state index contributed by atoms with van der Waals surface area (Å²) in [5.41, 5.74) is 9.71. The molecular weight excluding hydrogens is 294 g/mol. The van der Waals surface area contributed by atoms with Gasteiger partial charge in [0.05, 0.1) is 17.5 Å². The Hall–Kier alpha value is -2.40.